The van der Waals surface area contributed by atoms with Gasteiger partial charge in [0.15, 0.2) is 0 Å². The number of hydrogen-bond donors (Lipinski definition) is 2. The molecule has 1 aliphatic carbocycles. The fourth-order valence-corrected chi connectivity index (χ4v) is 3.66. The van der Waals surface area contributed by atoms with E-state index in [2.05, 4.69) is 32.9 Å². The standard InChI is InChI=1S/C17H27NO.ClH/c1-11-9-12(2)15(13(3)10-11)16(18)17(19)14-7-5-4-6-8-14;/h9-10,14,16-17,19H,4-8,18H2,1-3H3;1H/t16-,17+;/m1./s1. The molecule has 2 nitrogen and oxygen atoms in total. The second-order valence-corrected chi connectivity index (χ2v) is 6.23. The highest BCUT2D eigenvalue weighted by atomic mass is 35.5. The minimum absolute atomic E-state index is 0. The number of benzene rings is 1. The molecule has 0 amide bonds. The van der Waals surface area contributed by atoms with Crippen LogP contribution in [-0.4, -0.2) is 11.2 Å². The van der Waals surface area contributed by atoms with E-state index >= 15 is 0 Å². The lowest BCUT2D eigenvalue weighted by atomic mass is 9.80. The van der Waals surface area contributed by atoms with E-state index in [0.717, 1.165) is 18.4 Å². The van der Waals surface area contributed by atoms with E-state index in [0.29, 0.717) is 5.92 Å². The fraction of sp³-hybridized carbons (Fsp3) is 0.647. The van der Waals surface area contributed by atoms with Crippen LogP contribution in [0.2, 0.25) is 0 Å². The van der Waals surface area contributed by atoms with E-state index in [4.69, 9.17) is 5.73 Å². The Bertz CT molecular complexity index is 418. The molecule has 1 aromatic rings. The van der Waals surface area contributed by atoms with E-state index in [1.54, 1.807) is 0 Å². The van der Waals surface area contributed by atoms with Crippen molar-refractivity contribution in [2.75, 3.05) is 0 Å². The monoisotopic (exact) mass is 297 g/mol. The van der Waals surface area contributed by atoms with Crippen LogP contribution in [-0.2, 0) is 0 Å². The Morgan fingerprint density at radius 2 is 1.55 bits per heavy atom. The van der Waals surface area contributed by atoms with Gasteiger partial charge in [0.25, 0.3) is 0 Å². The van der Waals surface area contributed by atoms with Crippen LogP contribution in [0.4, 0.5) is 0 Å². The van der Waals surface area contributed by atoms with E-state index < -0.39 is 6.10 Å². The van der Waals surface area contributed by atoms with Crippen molar-refractivity contribution in [3.63, 3.8) is 0 Å². The summed E-state index contributed by atoms with van der Waals surface area (Å²) in [7, 11) is 0. The molecule has 0 heterocycles. The van der Waals surface area contributed by atoms with Crippen LogP contribution >= 0.6 is 12.4 Å². The number of hydrogen-bond acceptors (Lipinski definition) is 2. The van der Waals surface area contributed by atoms with E-state index in [1.165, 1.54) is 36.0 Å². The maximum Gasteiger partial charge on any atom is 0.0761 e. The van der Waals surface area contributed by atoms with Crippen LogP contribution in [0.1, 0.15) is 60.4 Å². The second-order valence-electron chi connectivity index (χ2n) is 6.23. The van der Waals surface area contributed by atoms with Crippen molar-refractivity contribution in [2.24, 2.45) is 11.7 Å². The molecule has 0 saturated heterocycles. The normalized spacial score (nSPS) is 19.2. The van der Waals surface area contributed by atoms with Crippen molar-refractivity contribution in [2.45, 2.75) is 65.0 Å². The molecule has 0 radical (unpaired) electrons. The van der Waals surface area contributed by atoms with Crippen LogP contribution < -0.4 is 5.73 Å². The minimum atomic E-state index is -0.402. The number of rotatable bonds is 3. The largest absolute Gasteiger partial charge is 0.391 e. The highest BCUT2D eigenvalue weighted by Gasteiger charge is 2.29. The predicted molar refractivity (Wildman–Crippen MR) is 87.4 cm³/mol. The zero-order chi connectivity index (χ0) is 14.0. The molecular formula is C17H28ClNO. The van der Waals surface area contributed by atoms with Crippen molar-refractivity contribution < 1.29 is 5.11 Å². The molecule has 1 aliphatic rings. The maximum absolute atomic E-state index is 10.6. The maximum atomic E-state index is 10.6. The van der Waals surface area contributed by atoms with Gasteiger partial charge < -0.3 is 10.8 Å². The molecule has 0 aromatic heterocycles. The zero-order valence-corrected chi connectivity index (χ0v) is 13.7. The first-order chi connectivity index (χ1) is 9.00. The second kappa shape index (κ2) is 7.44. The van der Waals surface area contributed by atoms with Gasteiger partial charge in [-0.05, 0) is 56.2 Å². The highest BCUT2D eigenvalue weighted by Crippen LogP contribution is 2.33. The zero-order valence-electron chi connectivity index (χ0n) is 12.9. The summed E-state index contributed by atoms with van der Waals surface area (Å²) in [5, 5.41) is 10.6. The molecule has 0 bridgehead atoms. The van der Waals surface area contributed by atoms with E-state index in [1.807, 2.05) is 0 Å². The average molecular weight is 298 g/mol. The van der Waals surface area contributed by atoms with Gasteiger partial charge in [-0.3, -0.25) is 0 Å². The van der Waals surface area contributed by atoms with Gasteiger partial charge in [0.05, 0.1) is 12.1 Å². The van der Waals surface area contributed by atoms with Crippen LogP contribution in [0.25, 0.3) is 0 Å². The number of halogens is 1. The minimum Gasteiger partial charge on any atom is -0.391 e. The van der Waals surface area contributed by atoms with Crippen molar-refractivity contribution in [3.05, 3.63) is 34.4 Å². The van der Waals surface area contributed by atoms with Crippen molar-refractivity contribution in [1.82, 2.24) is 0 Å². The summed E-state index contributed by atoms with van der Waals surface area (Å²) in [5.74, 6) is 0.379. The number of aliphatic hydroxyl groups excluding tert-OH is 1. The summed E-state index contributed by atoms with van der Waals surface area (Å²) in [6.07, 6.45) is 5.62. The summed E-state index contributed by atoms with van der Waals surface area (Å²) in [4.78, 5) is 0. The third-order valence-corrected chi connectivity index (χ3v) is 4.57. The summed E-state index contributed by atoms with van der Waals surface area (Å²) >= 11 is 0. The van der Waals surface area contributed by atoms with Crippen LogP contribution in [0.5, 0.6) is 0 Å². The Kier molecular flexibility index (Phi) is 6.50. The van der Waals surface area contributed by atoms with E-state index in [9.17, 15) is 5.11 Å². The molecule has 3 N–H and O–H groups in total. The molecule has 0 unspecified atom stereocenters. The van der Waals surface area contributed by atoms with Gasteiger partial charge in [0.2, 0.25) is 0 Å². The Hall–Kier alpha value is -0.570. The first-order valence-electron chi connectivity index (χ1n) is 7.52. The highest BCUT2D eigenvalue weighted by molar-refractivity contribution is 5.85. The summed E-state index contributed by atoms with van der Waals surface area (Å²) in [6, 6.07) is 4.08. The topological polar surface area (TPSA) is 46.2 Å². The molecule has 114 valence electrons. The van der Waals surface area contributed by atoms with Crippen LogP contribution in [0.15, 0.2) is 12.1 Å². The van der Waals surface area contributed by atoms with Gasteiger partial charge in [-0.1, -0.05) is 37.0 Å². The van der Waals surface area contributed by atoms with E-state index in [-0.39, 0.29) is 18.4 Å². The Labute approximate surface area is 129 Å². The fourth-order valence-electron chi connectivity index (χ4n) is 3.66. The molecule has 1 saturated carbocycles. The lowest BCUT2D eigenvalue weighted by Crippen LogP contribution is -2.35. The van der Waals surface area contributed by atoms with Gasteiger partial charge in [-0.2, -0.15) is 0 Å². The summed E-state index contributed by atoms with van der Waals surface area (Å²) < 4.78 is 0. The smallest absolute Gasteiger partial charge is 0.0761 e. The molecule has 2 atom stereocenters. The predicted octanol–water partition coefficient (Wildman–Crippen LogP) is 3.97. The number of aliphatic hydroxyl groups is 1. The van der Waals surface area contributed by atoms with Gasteiger partial charge >= 0.3 is 0 Å². The van der Waals surface area contributed by atoms with Crippen molar-refractivity contribution >= 4 is 12.4 Å². The summed E-state index contributed by atoms with van der Waals surface area (Å²) in [6.45, 7) is 6.30. The quantitative estimate of drug-likeness (QED) is 0.886. The molecule has 1 fully saturated rings. The molecule has 3 heteroatoms. The van der Waals surface area contributed by atoms with Crippen LogP contribution in [0.3, 0.4) is 0 Å². The third kappa shape index (κ3) is 3.75. The lowest BCUT2D eigenvalue weighted by molar-refractivity contribution is 0.0614. The van der Waals surface area contributed by atoms with Crippen molar-refractivity contribution in [1.29, 1.82) is 0 Å². The molecule has 0 aliphatic heterocycles. The molecular weight excluding hydrogens is 270 g/mol. The first kappa shape index (κ1) is 17.5. The van der Waals surface area contributed by atoms with Gasteiger partial charge in [0.1, 0.15) is 0 Å². The average Bonchev–Trinajstić information content (AvgIpc) is 2.37. The van der Waals surface area contributed by atoms with Crippen LogP contribution in [0, 0.1) is 26.7 Å². The Morgan fingerprint density at radius 3 is 2.05 bits per heavy atom. The third-order valence-electron chi connectivity index (χ3n) is 4.57. The number of aryl methyl sites for hydroxylation is 3. The van der Waals surface area contributed by atoms with Gasteiger partial charge in [-0.25, -0.2) is 0 Å². The van der Waals surface area contributed by atoms with Crippen molar-refractivity contribution in [3.8, 4) is 0 Å². The van der Waals surface area contributed by atoms with Gasteiger partial charge in [-0.15, -0.1) is 12.4 Å². The first-order valence-corrected chi connectivity index (χ1v) is 7.52. The summed E-state index contributed by atoms with van der Waals surface area (Å²) in [5.41, 5.74) is 11.2. The lowest BCUT2D eigenvalue weighted by Gasteiger charge is -2.32. The molecule has 2 rings (SSSR count). The number of nitrogens with two attached hydrogens (primary N) is 1. The molecule has 20 heavy (non-hydrogen) atoms. The Morgan fingerprint density at radius 1 is 1.05 bits per heavy atom. The Balaban J connectivity index is 0.00000200. The SMILES string of the molecule is Cc1cc(C)c([C@@H](N)[C@@H](O)C2CCCCC2)c(C)c1.Cl. The molecule has 1 aromatic carbocycles. The molecule has 0 spiro atoms. The van der Waals surface area contributed by atoms with Gasteiger partial charge in [0, 0.05) is 0 Å².